The van der Waals surface area contributed by atoms with Crippen LogP contribution in [0, 0.1) is 6.92 Å². The first-order valence-corrected chi connectivity index (χ1v) is 8.53. The molecular formula is C18H27N3O4. The maximum atomic E-state index is 12.0. The van der Waals surface area contributed by atoms with E-state index >= 15 is 0 Å². The van der Waals surface area contributed by atoms with Crippen molar-refractivity contribution < 1.29 is 19.1 Å². The van der Waals surface area contributed by atoms with Crippen LogP contribution in [0.2, 0.25) is 0 Å². The molecule has 1 fully saturated rings. The lowest BCUT2D eigenvalue weighted by Gasteiger charge is -2.35. The summed E-state index contributed by atoms with van der Waals surface area (Å²) in [7, 11) is 0. The molecule has 1 aliphatic heterocycles. The van der Waals surface area contributed by atoms with Gasteiger partial charge in [0, 0.05) is 50.0 Å². The molecule has 0 aromatic carbocycles. The molecule has 0 unspecified atom stereocenters. The summed E-state index contributed by atoms with van der Waals surface area (Å²) in [5.74, 6) is 0.636. The lowest BCUT2D eigenvalue weighted by molar-refractivity contribution is 0.0136. The molecule has 0 saturated carbocycles. The quantitative estimate of drug-likeness (QED) is 0.759. The predicted molar refractivity (Wildman–Crippen MR) is 94.1 cm³/mol. The van der Waals surface area contributed by atoms with Gasteiger partial charge in [0.2, 0.25) is 0 Å². The molecule has 0 spiro atoms. The summed E-state index contributed by atoms with van der Waals surface area (Å²) in [6.07, 6.45) is 3.69. The number of amides is 1. The van der Waals surface area contributed by atoms with Crippen molar-refractivity contribution in [1.82, 2.24) is 14.8 Å². The van der Waals surface area contributed by atoms with Crippen molar-refractivity contribution in [2.45, 2.75) is 33.3 Å². The number of carbonyl (C=O) groups excluding carboxylic acids is 2. The summed E-state index contributed by atoms with van der Waals surface area (Å²) in [4.78, 5) is 31.0. The minimum atomic E-state index is -0.468. The molecule has 1 saturated heterocycles. The van der Waals surface area contributed by atoms with E-state index in [4.69, 9.17) is 9.47 Å². The molecule has 25 heavy (non-hydrogen) atoms. The van der Waals surface area contributed by atoms with Gasteiger partial charge in [-0.05, 0) is 27.7 Å². The first kappa shape index (κ1) is 19.2. The molecule has 0 aliphatic carbocycles. The van der Waals surface area contributed by atoms with Crippen LogP contribution in [0.3, 0.4) is 0 Å². The normalized spacial score (nSPS) is 15.8. The number of aromatic nitrogens is 1. The van der Waals surface area contributed by atoms with Gasteiger partial charge >= 0.3 is 6.09 Å². The van der Waals surface area contributed by atoms with Gasteiger partial charge in [-0.3, -0.25) is 14.7 Å². The Morgan fingerprint density at radius 2 is 1.92 bits per heavy atom. The molecule has 1 aliphatic rings. The fraction of sp³-hybridized carbons (Fsp3) is 0.611. The van der Waals surface area contributed by atoms with Crippen molar-refractivity contribution in [3.8, 4) is 5.75 Å². The molecule has 0 radical (unpaired) electrons. The average Bonchev–Trinajstić information content (AvgIpc) is 2.55. The Kier molecular flexibility index (Phi) is 6.36. The van der Waals surface area contributed by atoms with Crippen molar-refractivity contribution in [3.63, 3.8) is 0 Å². The van der Waals surface area contributed by atoms with Gasteiger partial charge in [0.15, 0.2) is 6.29 Å². The van der Waals surface area contributed by atoms with Crippen molar-refractivity contribution in [2.75, 3.05) is 39.3 Å². The maximum absolute atomic E-state index is 12.0. The highest BCUT2D eigenvalue weighted by Gasteiger charge is 2.25. The standard InChI is InChI=1S/C18H27N3O4/c1-14-15(13-22)11-19-12-16(14)24-10-9-20-5-7-21(8-6-20)17(23)25-18(2,3)4/h11-13H,5-10H2,1-4H3. The van der Waals surface area contributed by atoms with Crippen molar-refractivity contribution in [1.29, 1.82) is 0 Å². The van der Waals surface area contributed by atoms with Crippen LogP contribution in [-0.4, -0.2) is 72.1 Å². The van der Waals surface area contributed by atoms with Crippen molar-refractivity contribution in [2.24, 2.45) is 0 Å². The zero-order valence-electron chi connectivity index (χ0n) is 15.4. The Morgan fingerprint density at radius 3 is 2.52 bits per heavy atom. The molecule has 2 heterocycles. The molecule has 1 aromatic rings. The monoisotopic (exact) mass is 349 g/mol. The van der Waals surface area contributed by atoms with Gasteiger partial charge in [-0.25, -0.2) is 4.79 Å². The van der Waals surface area contributed by atoms with Crippen LogP contribution in [0.4, 0.5) is 4.79 Å². The summed E-state index contributed by atoms with van der Waals surface area (Å²) in [6.45, 7) is 11.6. The number of aldehydes is 1. The highest BCUT2D eigenvalue weighted by molar-refractivity contribution is 5.77. The van der Waals surface area contributed by atoms with Gasteiger partial charge in [-0.1, -0.05) is 0 Å². The van der Waals surface area contributed by atoms with E-state index < -0.39 is 5.60 Å². The highest BCUT2D eigenvalue weighted by Crippen LogP contribution is 2.18. The summed E-state index contributed by atoms with van der Waals surface area (Å²) in [5, 5.41) is 0. The topological polar surface area (TPSA) is 72.0 Å². The number of nitrogens with zero attached hydrogens (tertiary/aromatic N) is 3. The number of hydrogen-bond donors (Lipinski definition) is 0. The maximum Gasteiger partial charge on any atom is 0.410 e. The third-order valence-electron chi connectivity index (χ3n) is 4.02. The van der Waals surface area contributed by atoms with E-state index in [-0.39, 0.29) is 6.09 Å². The Morgan fingerprint density at radius 1 is 1.24 bits per heavy atom. The van der Waals surface area contributed by atoms with E-state index in [9.17, 15) is 9.59 Å². The molecule has 138 valence electrons. The summed E-state index contributed by atoms with van der Waals surface area (Å²) in [5.41, 5.74) is 0.882. The first-order valence-electron chi connectivity index (χ1n) is 8.53. The fourth-order valence-corrected chi connectivity index (χ4v) is 2.55. The van der Waals surface area contributed by atoms with Crippen LogP contribution in [-0.2, 0) is 4.74 Å². The SMILES string of the molecule is Cc1c(C=O)cncc1OCCN1CCN(C(=O)OC(C)(C)C)CC1. The van der Waals surface area contributed by atoms with Crippen LogP contribution in [0.1, 0.15) is 36.7 Å². The van der Waals surface area contributed by atoms with Crippen LogP contribution in [0.5, 0.6) is 5.75 Å². The van der Waals surface area contributed by atoms with Gasteiger partial charge in [0.1, 0.15) is 18.0 Å². The predicted octanol–water partition coefficient (Wildman–Crippen LogP) is 2.13. The minimum Gasteiger partial charge on any atom is -0.490 e. The van der Waals surface area contributed by atoms with E-state index in [0.29, 0.717) is 31.0 Å². The molecule has 0 atom stereocenters. The molecule has 7 nitrogen and oxygen atoms in total. The van der Waals surface area contributed by atoms with Crippen LogP contribution in [0.15, 0.2) is 12.4 Å². The van der Waals surface area contributed by atoms with Crippen LogP contribution >= 0.6 is 0 Å². The number of pyridine rings is 1. The number of hydrogen-bond acceptors (Lipinski definition) is 6. The van der Waals surface area contributed by atoms with E-state index in [1.165, 1.54) is 6.20 Å². The Balaban J connectivity index is 1.74. The smallest absolute Gasteiger partial charge is 0.410 e. The second-order valence-electron chi connectivity index (χ2n) is 7.13. The molecule has 1 aromatic heterocycles. The van der Waals surface area contributed by atoms with Gasteiger partial charge < -0.3 is 14.4 Å². The molecule has 1 amide bonds. The molecule has 2 rings (SSSR count). The van der Waals surface area contributed by atoms with Gasteiger partial charge in [-0.2, -0.15) is 0 Å². The Bertz CT molecular complexity index is 605. The van der Waals surface area contributed by atoms with Gasteiger partial charge in [0.05, 0.1) is 6.20 Å². The van der Waals surface area contributed by atoms with Crippen LogP contribution < -0.4 is 4.74 Å². The fourth-order valence-electron chi connectivity index (χ4n) is 2.55. The van der Waals surface area contributed by atoms with Crippen LogP contribution in [0.25, 0.3) is 0 Å². The lowest BCUT2D eigenvalue weighted by Crippen LogP contribution is -2.50. The largest absolute Gasteiger partial charge is 0.490 e. The Labute approximate surface area is 148 Å². The highest BCUT2D eigenvalue weighted by atomic mass is 16.6. The van der Waals surface area contributed by atoms with E-state index in [1.807, 2.05) is 27.7 Å². The summed E-state index contributed by atoms with van der Waals surface area (Å²) >= 11 is 0. The minimum absolute atomic E-state index is 0.254. The number of piperazine rings is 1. The Hall–Kier alpha value is -2.15. The van der Waals surface area contributed by atoms with Gasteiger partial charge in [0.25, 0.3) is 0 Å². The summed E-state index contributed by atoms with van der Waals surface area (Å²) in [6, 6.07) is 0. The zero-order valence-corrected chi connectivity index (χ0v) is 15.4. The first-order chi connectivity index (χ1) is 11.8. The molecule has 0 N–H and O–H groups in total. The van der Waals surface area contributed by atoms with E-state index in [2.05, 4.69) is 9.88 Å². The third kappa shape index (κ3) is 5.70. The number of ether oxygens (including phenoxy) is 2. The number of carbonyl (C=O) groups is 2. The van der Waals surface area contributed by atoms with Crippen molar-refractivity contribution >= 4 is 12.4 Å². The third-order valence-corrected chi connectivity index (χ3v) is 4.02. The van der Waals surface area contributed by atoms with Gasteiger partial charge in [-0.15, -0.1) is 0 Å². The van der Waals surface area contributed by atoms with E-state index in [1.54, 1.807) is 11.1 Å². The second-order valence-corrected chi connectivity index (χ2v) is 7.13. The molecule has 0 bridgehead atoms. The zero-order chi connectivity index (χ0) is 18.4. The van der Waals surface area contributed by atoms with Crippen molar-refractivity contribution in [3.05, 3.63) is 23.5 Å². The molecular weight excluding hydrogens is 322 g/mol. The second kappa shape index (κ2) is 8.29. The molecule has 7 heteroatoms. The average molecular weight is 349 g/mol. The number of rotatable bonds is 5. The lowest BCUT2D eigenvalue weighted by atomic mass is 10.2. The summed E-state index contributed by atoms with van der Waals surface area (Å²) < 4.78 is 11.1. The van der Waals surface area contributed by atoms with E-state index in [0.717, 1.165) is 31.5 Å².